The molecule has 0 fully saturated rings. The number of halogens is 2. The van der Waals surface area contributed by atoms with Crippen LogP contribution in [0.4, 0.5) is 0 Å². The Labute approximate surface area is 168 Å². The van der Waals surface area contributed by atoms with Crippen LogP contribution < -0.4 is 0 Å². The van der Waals surface area contributed by atoms with Gasteiger partial charge in [-0.15, -0.1) is 10.2 Å². The van der Waals surface area contributed by atoms with Crippen LogP contribution in [-0.2, 0) is 16.1 Å². The second-order valence-electron chi connectivity index (χ2n) is 5.57. The molecular formula is C19H14BrClN2O4. The molecule has 8 heteroatoms. The van der Waals surface area contributed by atoms with Gasteiger partial charge in [0.1, 0.15) is 0 Å². The Morgan fingerprint density at radius 1 is 1.04 bits per heavy atom. The number of Topliss-reactive ketones (excluding diaryl/α,β-unsaturated/α-hetero) is 1. The van der Waals surface area contributed by atoms with Crippen LogP contribution in [-0.4, -0.2) is 21.9 Å². The largest absolute Gasteiger partial charge is 0.456 e. The van der Waals surface area contributed by atoms with Crippen molar-refractivity contribution in [1.82, 2.24) is 10.2 Å². The molecule has 0 atom stereocenters. The molecule has 2 aromatic carbocycles. The topological polar surface area (TPSA) is 82.3 Å². The minimum atomic E-state index is -0.516. The molecule has 0 amide bonds. The molecule has 0 saturated heterocycles. The van der Waals surface area contributed by atoms with Gasteiger partial charge in [0, 0.05) is 16.5 Å². The first kappa shape index (κ1) is 19.3. The summed E-state index contributed by atoms with van der Waals surface area (Å²) in [6.07, 6.45) is 0.0373. The Hall–Kier alpha value is -2.51. The van der Waals surface area contributed by atoms with Crippen LogP contribution >= 0.6 is 27.5 Å². The number of carbonyl (C=O) groups is 2. The van der Waals surface area contributed by atoms with E-state index in [0.29, 0.717) is 16.1 Å². The highest BCUT2D eigenvalue weighted by Gasteiger charge is 2.14. The second kappa shape index (κ2) is 8.92. The Kier molecular flexibility index (Phi) is 6.36. The fraction of sp³-hybridized carbons (Fsp3) is 0.158. The maximum atomic E-state index is 12.1. The van der Waals surface area contributed by atoms with Crippen LogP contribution in [0.2, 0.25) is 5.02 Å². The molecule has 0 aliphatic rings. The molecule has 1 heterocycles. The van der Waals surface area contributed by atoms with Gasteiger partial charge in [-0.1, -0.05) is 51.8 Å². The van der Waals surface area contributed by atoms with E-state index in [4.69, 9.17) is 20.8 Å². The molecule has 0 bridgehead atoms. The van der Waals surface area contributed by atoms with E-state index in [-0.39, 0.29) is 37.0 Å². The van der Waals surface area contributed by atoms with E-state index in [0.717, 1.165) is 4.47 Å². The van der Waals surface area contributed by atoms with Crippen molar-refractivity contribution in [2.45, 2.75) is 19.4 Å². The van der Waals surface area contributed by atoms with Crippen molar-refractivity contribution in [2.24, 2.45) is 0 Å². The molecule has 0 aliphatic carbocycles. The summed E-state index contributed by atoms with van der Waals surface area (Å²) in [5, 5.41) is 8.21. The fourth-order valence-electron chi connectivity index (χ4n) is 2.27. The van der Waals surface area contributed by atoms with E-state index >= 15 is 0 Å². The normalized spacial score (nSPS) is 10.6. The number of aromatic nitrogens is 2. The van der Waals surface area contributed by atoms with Gasteiger partial charge in [-0.25, -0.2) is 0 Å². The van der Waals surface area contributed by atoms with Gasteiger partial charge in [0.25, 0.3) is 5.89 Å². The molecule has 6 nitrogen and oxygen atoms in total. The van der Waals surface area contributed by atoms with Crippen LogP contribution in [0.15, 0.2) is 57.4 Å². The summed E-state index contributed by atoms with van der Waals surface area (Å²) >= 11 is 9.39. The zero-order valence-electron chi connectivity index (χ0n) is 14.0. The fourth-order valence-corrected chi connectivity index (χ4v) is 2.75. The van der Waals surface area contributed by atoms with Crippen LogP contribution in [0, 0.1) is 0 Å². The van der Waals surface area contributed by atoms with Crippen LogP contribution in [0.3, 0.4) is 0 Å². The summed E-state index contributed by atoms with van der Waals surface area (Å²) in [6, 6.07) is 14.0. The predicted octanol–water partition coefficient (Wildman–Crippen LogP) is 4.86. The number of carbonyl (C=O) groups excluding carboxylic acids is 2. The highest BCUT2D eigenvalue weighted by molar-refractivity contribution is 9.10. The second-order valence-corrected chi connectivity index (χ2v) is 6.89. The van der Waals surface area contributed by atoms with E-state index in [1.807, 2.05) is 0 Å². The van der Waals surface area contributed by atoms with Crippen LogP contribution in [0.25, 0.3) is 11.5 Å². The highest BCUT2D eigenvalue weighted by Crippen LogP contribution is 2.26. The lowest BCUT2D eigenvalue weighted by molar-refractivity contribution is -0.145. The van der Waals surface area contributed by atoms with Gasteiger partial charge in [0.15, 0.2) is 12.4 Å². The summed E-state index contributed by atoms with van der Waals surface area (Å²) in [7, 11) is 0. The average molecular weight is 450 g/mol. The van der Waals surface area contributed by atoms with Crippen molar-refractivity contribution in [3.05, 3.63) is 69.5 Å². The van der Waals surface area contributed by atoms with Gasteiger partial charge in [-0.2, -0.15) is 0 Å². The summed E-state index contributed by atoms with van der Waals surface area (Å²) in [4.78, 5) is 23.9. The van der Waals surface area contributed by atoms with Gasteiger partial charge in [-0.05, 0) is 24.3 Å². The Balaban J connectivity index is 1.49. The molecule has 3 rings (SSSR count). The number of hydrogen-bond donors (Lipinski definition) is 0. The lowest BCUT2D eigenvalue weighted by Crippen LogP contribution is -2.08. The van der Waals surface area contributed by atoms with Crippen molar-refractivity contribution < 1.29 is 18.7 Å². The van der Waals surface area contributed by atoms with Gasteiger partial charge < -0.3 is 9.15 Å². The number of esters is 1. The van der Waals surface area contributed by atoms with E-state index in [1.54, 1.807) is 48.5 Å². The first-order valence-electron chi connectivity index (χ1n) is 8.04. The third-order valence-electron chi connectivity index (χ3n) is 3.65. The van der Waals surface area contributed by atoms with E-state index in [2.05, 4.69) is 26.1 Å². The van der Waals surface area contributed by atoms with Crippen molar-refractivity contribution in [1.29, 1.82) is 0 Å². The summed E-state index contributed by atoms with van der Waals surface area (Å²) in [5.41, 5.74) is 1.15. The Morgan fingerprint density at radius 2 is 1.78 bits per heavy atom. The van der Waals surface area contributed by atoms with Gasteiger partial charge in [0.2, 0.25) is 5.89 Å². The molecule has 0 N–H and O–H groups in total. The molecule has 3 aromatic rings. The monoisotopic (exact) mass is 448 g/mol. The summed E-state index contributed by atoms with van der Waals surface area (Å²) in [6.45, 7) is -0.164. The first-order chi connectivity index (χ1) is 13.0. The SMILES string of the molecule is O=C(CCC(=O)c1ccc(Br)cc1)OCc1nnc(-c2ccccc2Cl)o1. The molecule has 1 aromatic heterocycles. The van der Waals surface area contributed by atoms with E-state index in [9.17, 15) is 9.59 Å². The zero-order chi connectivity index (χ0) is 19.2. The average Bonchev–Trinajstić information content (AvgIpc) is 3.14. The molecule has 0 unspecified atom stereocenters. The molecule has 138 valence electrons. The highest BCUT2D eigenvalue weighted by atomic mass is 79.9. The molecule has 0 spiro atoms. The van der Waals surface area contributed by atoms with Crippen LogP contribution in [0.1, 0.15) is 29.1 Å². The van der Waals surface area contributed by atoms with E-state index in [1.165, 1.54) is 0 Å². The molecule has 27 heavy (non-hydrogen) atoms. The third kappa shape index (κ3) is 5.24. The zero-order valence-corrected chi connectivity index (χ0v) is 16.4. The summed E-state index contributed by atoms with van der Waals surface area (Å²) < 4.78 is 11.4. The van der Waals surface area contributed by atoms with Crippen LogP contribution in [0.5, 0.6) is 0 Å². The number of benzene rings is 2. The molecule has 0 radical (unpaired) electrons. The maximum absolute atomic E-state index is 12.1. The number of ether oxygens (including phenoxy) is 1. The van der Waals surface area contributed by atoms with E-state index < -0.39 is 5.97 Å². The number of hydrogen-bond acceptors (Lipinski definition) is 6. The standard InChI is InChI=1S/C19H14BrClN2O4/c20-13-7-5-12(6-8-13)16(24)9-10-18(25)26-11-17-22-23-19(27-17)14-3-1-2-4-15(14)21/h1-8H,9-11H2. The first-order valence-corrected chi connectivity index (χ1v) is 9.21. The minimum Gasteiger partial charge on any atom is -0.456 e. The van der Waals surface area contributed by atoms with Crippen molar-refractivity contribution in [3.63, 3.8) is 0 Å². The molecule has 0 saturated carbocycles. The van der Waals surface area contributed by atoms with Gasteiger partial charge in [0.05, 0.1) is 17.0 Å². The number of rotatable bonds is 7. The lowest BCUT2D eigenvalue weighted by atomic mass is 10.1. The predicted molar refractivity (Wildman–Crippen MR) is 102 cm³/mol. The number of ketones is 1. The third-order valence-corrected chi connectivity index (χ3v) is 4.51. The Morgan fingerprint density at radius 3 is 2.52 bits per heavy atom. The van der Waals surface area contributed by atoms with Crippen molar-refractivity contribution >= 4 is 39.3 Å². The van der Waals surface area contributed by atoms with Crippen molar-refractivity contribution in [3.8, 4) is 11.5 Å². The lowest BCUT2D eigenvalue weighted by Gasteiger charge is -2.03. The maximum Gasteiger partial charge on any atom is 0.306 e. The van der Waals surface area contributed by atoms with Gasteiger partial charge >= 0.3 is 5.97 Å². The Bertz CT molecular complexity index is 956. The smallest absolute Gasteiger partial charge is 0.306 e. The quantitative estimate of drug-likeness (QED) is 0.378. The molecular weight excluding hydrogens is 436 g/mol. The van der Waals surface area contributed by atoms with Crippen molar-refractivity contribution in [2.75, 3.05) is 0 Å². The van der Waals surface area contributed by atoms with Gasteiger partial charge in [-0.3, -0.25) is 9.59 Å². The summed E-state index contributed by atoms with van der Waals surface area (Å²) in [5.74, 6) is -0.245. The minimum absolute atomic E-state index is 0.0274. The molecule has 0 aliphatic heterocycles. The number of nitrogens with zero attached hydrogens (tertiary/aromatic N) is 2.